The first-order chi connectivity index (χ1) is 9.22. The Kier molecular flexibility index (Phi) is 5.26. The summed E-state index contributed by atoms with van der Waals surface area (Å²) in [4.78, 5) is 14.4. The first-order valence-electron chi connectivity index (χ1n) is 7.14. The fourth-order valence-corrected chi connectivity index (χ4v) is 2.93. The first-order valence-corrected chi connectivity index (χ1v) is 7.68. The van der Waals surface area contributed by atoms with Crippen molar-refractivity contribution in [1.29, 1.82) is 0 Å². The third kappa shape index (κ3) is 3.73. The summed E-state index contributed by atoms with van der Waals surface area (Å²) in [5.74, 6) is 0.625. The molecular formula is C16H22ClNO. The molecule has 0 aliphatic heterocycles. The minimum atomic E-state index is 0.132. The van der Waals surface area contributed by atoms with Crippen molar-refractivity contribution >= 4 is 17.5 Å². The van der Waals surface area contributed by atoms with Crippen LogP contribution >= 0.6 is 11.6 Å². The summed E-state index contributed by atoms with van der Waals surface area (Å²) in [6, 6.07) is 8.03. The second-order valence-electron chi connectivity index (χ2n) is 5.39. The predicted molar refractivity (Wildman–Crippen MR) is 79.6 cm³/mol. The lowest BCUT2D eigenvalue weighted by Crippen LogP contribution is -2.36. The molecule has 1 aliphatic rings. The van der Waals surface area contributed by atoms with Gasteiger partial charge in [0.15, 0.2) is 0 Å². The second-order valence-corrected chi connectivity index (χ2v) is 5.66. The molecule has 0 unspecified atom stereocenters. The molecule has 1 aromatic carbocycles. The Morgan fingerprint density at radius 2 is 1.74 bits per heavy atom. The Labute approximate surface area is 120 Å². The largest absolute Gasteiger partial charge is 0.339 e. The van der Waals surface area contributed by atoms with E-state index < -0.39 is 0 Å². The van der Waals surface area contributed by atoms with Crippen LogP contribution in [0.25, 0.3) is 0 Å². The van der Waals surface area contributed by atoms with E-state index in [1.165, 1.54) is 25.7 Å². The van der Waals surface area contributed by atoms with Crippen LogP contribution in [0.2, 0.25) is 0 Å². The van der Waals surface area contributed by atoms with Gasteiger partial charge < -0.3 is 4.90 Å². The summed E-state index contributed by atoms with van der Waals surface area (Å²) in [5.41, 5.74) is 1.82. The SMILES string of the molecule is CN(C(=O)c1ccc(CCl)cc1)C1CCCCCC1. The van der Waals surface area contributed by atoms with Crippen molar-refractivity contribution in [2.75, 3.05) is 7.05 Å². The molecule has 1 aromatic rings. The van der Waals surface area contributed by atoms with E-state index in [-0.39, 0.29) is 5.91 Å². The Balaban J connectivity index is 2.04. The van der Waals surface area contributed by atoms with Gasteiger partial charge >= 0.3 is 0 Å². The summed E-state index contributed by atoms with van der Waals surface area (Å²) >= 11 is 5.77. The molecule has 0 radical (unpaired) electrons. The number of halogens is 1. The van der Waals surface area contributed by atoms with Crippen LogP contribution in [0, 0.1) is 0 Å². The second kappa shape index (κ2) is 6.95. The van der Waals surface area contributed by atoms with Crippen LogP contribution in [0.4, 0.5) is 0 Å². The van der Waals surface area contributed by atoms with E-state index in [1.807, 2.05) is 36.2 Å². The van der Waals surface area contributed by atoms with E-state index in [4.69, 9.17) is 11.6 Å². The molecule has 3 heteroatoms. The standard InChI is InChI=1S/C16H22ClNO/c1-18(15-6-4-2-3-5-7-15)16(19)14-10-8-13(12-17)9-11-14/h8-11,15H,2-7,12H2,1H3. The number of hydrogen-bond donors (Lipinski definition) is 0. The lowest BCUT2D eigenvalue weighted by Gasteiger charge is -2.27. The average molecular weight is 280 g/mol. The van der Waals surface area contributed by atoms with Gasteiger partial charge in [-0.3, -0.25) is 4.79 Å². The summed E-state index contributed by atoms with van der Waals surface area (Å²) in [7, 11) is 1.94. The van der Waals surface area contributed by atoms with Crippen LogP contribution in [0.5, 0.6) is 0 Å². The van der Waals surface area contributed by atoms with Crippen LogP contribution in [0.3, 0.4) is 0 Å². The van der Waals surface area contributed by atoms with Crippen molar-refractivity contribution in [2.45, 2.75) is 50.4 Å². The van der Waals surface area contributed by atoms with Gasteiger partial charge in [0.25, 0.3) is 5.91 Å². The third-order valence-electron chi connectivity index (χ3n) is 4.05. The van der Waals surface area contributed by atoms with Crippen LogP contribution in [-0.2, 0) is 5.88 Å². The molecule has 0 spiro atoms. The first kappa shape index (κ1) is 14.4. The van der Waals surface area contributed by atoms with Gasteiger partial charge in [-0.25, -0.2) is 0 Å². The fourth-order valence-electron chi connectivity index (χ4n) is 2.75. The van der Waals surface area contributed by atoms with Gasteiger partial charge in [0.2, 0.25) is 0 Å². The number of carbonyl (C=O) groups excluding carboxylic acids is 1. The van der Waals surface area contributed by atoms with E-state index in [9.17, 15) is 4.79 Å². The van der Waals surface area contributed by atoms with Gasteiger partial charge in [-0.1, -0.05) is 37.8 Å². The highest BCUT2D eigenvalue weighted by Crippen LogP contribution is 2.22. The minimum Gasteiger partial charge on any atom is -0.339 e. The zero-order valence-electron chi connectivity index (χ0n) is 11.6. The van der Waals surface area contributed by atoms with Crippen molar-refractivity contribution in [1.82, 2.24) is 4.90 Å². The molecule has 104 valence electrons. The van der Waals surface area contributed by atoms with Crippen LogP contribution < -0.4 is 0 Å². The molecule has 1 fully saturated rings. The molecule has 0 N–H and O–H groups in total. The summed E-state index contributed by atoms with van der Waals surface area (Å²) in [6.07, 6.45) is 7.39. The van der Waals surface area contributed by atoms with E-state index in [2.05, 4.69) is 0 Å². The molecule has 0 aromatic heterocycles. The maximum Gasteiger partial charge on any atom is 0.253 e. The third-order valence-corrected chi connectivity index (χ3v) is 4.36. The Morgan fingerprint density at radius 1 is 1.16 bits per heavy atom. The average Bonchev–Trinajstić information content (AvgIpc) is 2.75. The van der Waals surface area contributed by atoms with Crippen LogP contribution in [0.15, 0.2) is 24.3 Å². The number of carbonyl (C=O) groups is 1. The van der Waals surface area contributed by atoms with Crippen LogP contribution in [0.1, 0.15) is 54.4 Å². The van der Waals surface area contributed by atoms with Crippen molar-refractivity contribution in [2.24, 2.45) is 0 Å². The maximum absolute atomic E-state index is 12.4. The van der Waals surface area contributed by atoms with E-state index in [0.717, 1.165) is 24.0 Å². The van der Waals surface area contributed by atoms with Crippen molar-refractivity contribution in [3.05, 3.63) is 35.4 Å². The summed E-state index contributed by atoms with van der Waals surface area (Å²) < 4.78 is 0. The van der Waals surface area contributed by atoms with Gasteiger partial charge in [-0.2, -0.15) is 0 Å². The highest BCUT2D eigenvalue weighted by atomic mass is 35.5. The van der Waals surface area contributed by atoms with Crippen molar-refractivity contribution < 1.29 is 4.79 Å². The Morgan fingerprint density at radius 3 is 2.26 bits per heavy atom. The number of amides is 1. The van der Waals surface area contributed by atoms with Gasteiger partial charge in [0, 0.05) is 24.5 Å². The molecule has 1 amide bonds. The quantitative estimate of drug-likeness (QED) is 0.599. The highest BCUT2D eigenvalue weighted by molar-refractivity contribution is 6.17. The molecule has 0 saturated heterocycles. The number of alkyl halides is 1. The molecule has 2 nitrogen and oxygen atoms in total. The topological polar surface area (TPSA) is 20.3 Å². The van der Waals surface area contributed by atoms with Crippen molar-refractivity contribution in [3.8, 4) is 0 Å². The number of benzene rings is 1. The molecule has 0 bridgehead atoms. The lowest BCUT2D eigenvalue weighted by molar-refractivity contribution is 0.0717. The molecule has 0 heterocycles. The molecule has 1 saturated carbocycles. The van der Waals surface area contributed by atoms with Gasteiger partial charge in [0.1, 0.15) is 0 Å². The molecule has 2 rings (SSSR count). The summed E-state index contributed by atoms with van der Waals surface area (Å²) in [5, 5.41) is 0. The predicted octanol–water partition coefficient (Wildman–Crippen LogP) is 4.22. The monoisotopic (exact) mass is 279 g/mol. The van der Waals surface area contributed by atoms with E-state index >= 15 is 0 Å². The Hall–Kier alpha value is -1.02. The van der Waals surface area contributed by atoms with E-state index in [0.29, 0.717) is 11.9 Å². The molecule has 19 heavy (non-hydrogen) atoms. The number of hydrogen-bond acceptors (Lipinski definition) is 1. The highest BCUT2D eigenvalue weighted by Gasteiger charge is 2.21. The van der Waals surface area contributed by atoms with Gasteiger partial charge in [-0.15, -0.1) is 11.6 Å². The number of nitrogens with zero attached hydrogens (tertiary/aromatic N) is 1. The minimum absolute atomic E-state index is 0.132. The molecule has 1 aliphatic carbocycles. The maximum atomic E-state index is 12.4. The van der Waals surface area contributed by atoms with Crippen molar-refractivity contribution in [3.63, 3.8) is 0 Å². The van der Waals surface area contributed by atoms with E-state index in [1.54, 1.807) is 0 Å². The van der Waals surface area contributed by atoms with Gasteiger partial charge in [0.05, 0.1) is 0 Å². The number of rotatable bonds is 3. The Bertz CT molecular complexity index is 407. The molecule has 0 atom stereocenters. The molecular weight excluding hydrogens is 258 g/mol. The zero-order valence-corrected chi connectivity index (χ0v) is 12.3. The lowest BCUT2D eigenvalue weighted by atomic mass is 10.1. The van der Waals surface area contributed by atoms with Gasteiger partial charge in [-0.05, 0) is 30.5 Å². The summed E-state index contributed by atoms with van der Waals surface area (Å²) in [6.45, 7) is 0. The van der Waals surface area contributed by atoms with Crippen LogP contribution in [-0.4, -0.2) is 23.9 Å². The fraction of sp³-hybridized carbons (Fsp3) is 0.562. The normalized spacial score (nSPS) is 16.9. The zero-order chi connectivity index (χ0) is 13.7. The smallest absolute Gasteiger partial charge is 0.253 e.